The summed E-state index contributed by atoms with van der Waals surface area (Å²) in [6.07, 6.45) is 1.14. The van der Waals surface area contributed by atoms with Gasteiger partial charge in [-0.15, -0.1) is 0 Å². The quantitative estimate of drug-likeness (QED) is 0.827. The first-order valence-corrected chi connectivity index (χ1v) is 5.56. The topological polar surface area (TPSA) is 26.0 Å². The normalized spacial score (nSPS) is 27.4. The van der Waals surface area contributed by atoms with Crippen molar-refractivity contribution < 1.29 is 0 Å². The molecule has 0 radical (unpaired) electrons. The molecule has 0 spiro atoms. The van der Waals surface area contributed by atoms with Crippen molar-refractivity contribution in [3.05, 3.63) is 33.8 Å². The Kier molecular flexibility index (Phi) is 2.74. The van der Waals surface area contributed by atoms with Gasteiger partial charge in [-0.1, -0.05) is 35.3 Å². The van der Waals surface area contributed by atoms with Crippen molar-refractivity contribution in [1.29, 1.82) is 0 Å². The third-order valence-electron chi connectivity index (χ3n) is 2.90. The van der Waals surface area contributed by atoms with Gasteiger partial charge < -0.3 is 5.73 Å². The van der Waals surface area contributed by atoms with Gasteiger partial charge in [0.2, 0.25) is 0 Å². The van der Waals surface area contributed by atoms with E-state index in [1.807, 2.05) is 25.1 Å². The molecule has 1 fully saturated rings. The summed E-state index contributed by atoms with van der Waals surface area (Å²) in [5.41, 5.74) is 6.99. The van der Waals surface area contributed by atoms with Gasteiger partial charge >= 0.3 is 0 Å². The Balaban J connectivity index is 2.23. The average molecular weight is 230 g/mol. The van der Waals surface area contributed by atoms with E-state index in [9.17, 15) is 0 Å². The first-order valence-electron chi connectivity index (χ1n) is 4.80. The van der Waals surface area contributed by atoms with Gasteiger partial charge in [-0.05, 0) is 36.8 Å². The zero-order chi connectivity index (χ0) is 10.3. The van der Waals surface area contributed by atoms with Gasteiger partial charge in [-0.2, -0.15) is 0 Å². The number of hydrogen-bond donors (Lipinski definition) is 1. The third-order valence-corrected chi connectivity index (χ3v) is 3.73. The predicted molar refractivity (Wildman–Crippen MR) is 61.0 cm³/mol. The molecule has 1 aromatic rings. The highest BCUT2D eigenvalue weighted by atomic mass is 35.5. The molecular weight excluding hydrogens is 217 g/mol. The van der Waals surface area contributed by atoms with Gasteiger partial charge in [0.1, 0.15) is 0 Å². The molecule has 0 amide bonds. The van der Waals surface area contributed by atoms with Crippen LogP contribution in [0.4, 0.5) is 0 Å². The molecule has 0 aliphatic heterocycles. The fourth-order valence-corrected chi connectivity index (χ4v) is 2.41. The highest BCUT2D eigenvalue weighted by Crippen LogP contribution is 2.51. The van der Waals surface area contributed by atoms with E-state index in [0.29, 0.717) is 21.9 Å². The number of hydrogen-bond acceptors (Lipinski definition) is 1. The van der Waals surface area contributed by atoms with E-state index >= 15 is 0 Å². The fourth-order valence-electron chi connectivity index (χ4n) is 1.96. The molecule has 3 heteroatoms. The van der Waals surface area contributed by atoms with E-state index in [-0.39, 0.29) is 6.04 Å². The van der Waals surface area contributed by atoms with Crippen LogP contribution in [-0.2, 0) is 0 Å². The first kappa shape index (κ1) is 10.3. The minimum Gasteiger partial charge on any atom is -0.328 e. The van der Waals surface area contributed by atoms with E-state index in [4.69, 9.17) is 28.9 Å². The summed E-state index contributed by atoms with van der Waals surface area (Å²) in [7, 11) is 0. The van der Waals surface area contributed by atoms with Crippen molar-refractivity contribution in [2.45, 2.75) is 25.3 Å². The molecule has 1 aliphatic rings. The summed E-state index contributed by atoms with van der Waals surface area (Å²) in [6.45, 7) is 2.04. The molecule has 0 bridgehead atoms. The summed E-state index contributed by atoms with van der Waals surface area (Å²) in [5.74, 6) is 1.09. The second-order valence-corrected chi connectivity index (χ2v) is 4.79. The Morgan fingerprint density at radius 3 is 2.71 bits per heavy atom. The zero-order valence-electron chi connectivity index (χ0n) is 8.00. The summed E-state index contributed by atoms with van der Waals surface area (Å²) in [4.78, 5) is 0. The lowest BCUT2D eigenvalue weighted by Gasteiger charge is -2.06. The van der Waals surface area contributed by atoms with Gasteiger partial charge in [0, 0.05) is 6.04 Å². The Morgan fingerprint density at radius 1 is 1.43 bits per heavy atom. The SMILES string of the molecule is C[C@H](N)[C@@H]1C[C@@H]1c1cccc(Cl)c1Cl. The predicted octanol–water partition coefficient (Wildman–Crippen LogP) is 3.44. The Labute approximate surface area is 94.2 Å². The van der Waals surface area contributed by atoms with Crippen molar-refractivity contribution in [3.8, 4) is 0 Å². The lowest BCUT2D eigenvalue weighted by molar-refractivity contribution is 0.632. The molecule has 1 aliphatic carbocycles. The van der Waals surface area contributed by atoms with Crippen LogP contribution in [0.1, 0.15) is 24.8 Å². The van der Waals surface area contributed by atoms with Crippen molar-refractivity contribution in [3.63, 3.8) is 0 Å². The third kappa shape index (κ3) is 1.77. The van der Waals surface area contributed by atoms with E-state index in [0.717, 1.165) is 12.0 Å². The second-order valence-electron chi connectivity index (χ2n) is 4.01. The van der Waals surface area contributed by atoms with Gasteiger partial charge in [-0.25, -0.2) is 0 Å². The molecule has 3 atom stereocenters. The zero-order valence-corrected chi connectivity index (χ0v) is 9.52. The lowest BCUT2D eigenvalue weighted by atomic mass is 10.1. The van der Waals surface area contributed by atoms with E-state index in [1.165, 1.54) is 0 Å². The van der Waals surface area contributed by atoms with Crippen molar-refractivity contribution in [2.24, 2.45) is 11.7 Å². The monoisotopic (exact) mass is 229 g/mol. The van der Waals surface area contributed by atoms with Gasteiger partial charge in [-0.3, -0.25) is 0 Å². The van der Waals surface area contributed by atoms with E-state index < -0.39 is 0 Å². The van der Waals surface area contributed by atoms with Gasteiger partial charge in [0.25, 0.3) is 0 Å². The molecule has 1 nitrogen and oxygen atoms in total. The second kappa shape index (κ2) is 3.73. The van der Waals surface area contributed by atoms with Crippen molar-refractivity contribution >= 4 is 23.2 Å². The lowest BCUT2D eigenvalue weighted by Crippen LogP contribution is -2.17. The molecule has 76 valence electrons. The first-order chi connectivity index (χ1) is 6.61. The molecule has 0 saturated heterocycles. The van der Waals surface area contributed by atoms with E-state index in [1.54, 1.807) is 0 Å². The minimum absolute atomic E-state index is 0.245. The van der Waals surface area contributed by atoms with Crippen LogP contribution in [0.3, 0.4) is 0 Å². The van der Waals surface area contributed by atoms with Crippen LogP contribution in [0.15, 0.2) is 18.2 Å². The summed E-state index contributed by atoms with van der Waals surface area (Å²) >= 11 is 12.1. The molecule has 1 aromatic carbocycles. The largest absolute Gasteiger partial charge is 0.328 e. The van der Waals surface area contributed by atoms with Crippen LogP contribution in [-0.4, -0.2) is 6.04 Å². The molecule has 1 saturated carbocycles. The van der Waals surface area contributed by atoms with Crippen LogP contribution in [0, 0.1) is 5.92 Å². The van der Waals surface area contributed by atoms with Crippen molar-refractivity contribution in [1.82, 2.24) is 0 Å². The van der Waals surface area contributed by atoms with Crippen LogP contribution in [0.5, 0.6) is 0 Å². The fraction of sp³-hybridized carbons (Fsp3) is 0.455. The summed E-state index contributed by atoms with van der Waals surface area (Å²) in [6, 6.07) is 6.05. The van der Waals surface area contributed by atoms with Crippen LogP contribution in [0.25, 0.3) is 0 Å². The highest BCUT2D eigenvalue weighted by molar-refractivity contribution is 6.42. The maximum absolute atomic E-state index is 6.13. The summed E-state index contributed by atoms with van der Waals surface area (Å²) < 4.78 is 0. The molecule has 0 aromatic heterocycles. The molecule has 2 rings (SSSR count). The smallest absolute Gasteiger partial charge is 0.0627 e. The highest BCUT2D eigenvalue weighted by Gasteiger charge is 2.41. The average Bonchev–Trinajstić information content (AvgIpc) is 2.89. The van der Waals surface area contributed by atoms with Crippen LogP contribution < -0.4 is 5.73 Å². The molecule has 2 N–H and O–H groups in total. The van der Waals surface area contributed by atoms with Gasteiger partial charge in [0.05, 0.1) is 10.0 Å². The maximum Gasteiger partial charge on any atom is 0.0627 e. The molecule has 0 unspecified atom stereocenters. The molecule has 14 heavy (non-hydrogen) atoms. The summed E-state index contributed by atoms with van der Waals surface area (Å²) in [5, 5.41) is 1.34. The molecule has 0 heterocycles. The maximum atomic E-state index is 6.13. The Morgan fingerprint density at radius 2 is 2.14 bits per heavy atom. The van der Waals surface area contributed by atoms with Gasteiger partial charge in [0.15, 0.2) is 0 Å². The molecular formula is C11H13Cl2N. The van der Waals surface area contributed by atoms with Crippen LogP contribution >= 0.6 is 23.2 Å². The number of halogens is 2. The van der Waals surface area contributed by atoms with E-state index in [2.05, 4.69) is 0 Å². The van der Waals surface area contributed by atoms with Crippen molar-refractivity contribution in [2.75, 3.05) is 0 Å². The Hall–Kier alpha value is -0.240. The van der Waals surface area contributed by atoms with Crippen LogP contribution in [0.2, 0.25) is 10.0 Å². The number of benzene rings is 1. The number of rotatable bonds is 2. The standard InChI is InChI=1S/C11H13Cl2N/c1-6(14)8-5-9(8)7-3-2-4-10(12)11(7)13/h2-4,6,8-9H,5,14H2,1H3/t6-,8-,9+/m0/s1. The minimum atomic E-state index is 0.245. The number of nitrogens with two attached hydrogens (primary N) is 1. The Bertz CT molecular complexity index is 349.